The number of aromatic nitrogens is 2. The first-order valence-electron chi connectivity index (χ1n) is 10.4. The lowest BCUT2D eigenvalue weighted by atomic mass is 10.1. The highest BCUT2D eigenvalue weighted by Crippen LogP contribution is 2.28. The summed E-state index contributed by atoms with van der Waals surface area (Å²) in [6, 6.07) is 22.4. The number of H-pyrrole nitrogens is 1. The van der Waals surface area contributed by atoms with E-state index in [-0.39, 0.29) is 5.69 Å². The molecule has 0 aliphatic rings. The van der Waals surface area contributed by atoms with E-state index in [2.05, 4.69) is 21.7 Å². The number of halogens is 1. The van der Waals surface area contributed by atoms with Crippen molar-refractivity contribution in [2.75, 3.05) is 0 Å². The third-order valence-electron chi connectivity index (χ3n) is 5.49. The fraction of sp³-hybridized carbons (Fsp3) is 0.0800. The minimum Gasteiger partial charge on any atom is -0.361 e. The highest BCUT2D eigenvalue weighted by molar-refractivity contribution is 7.07. The first-order valence-corrected chi connectivity index (χ1v) is 11.6. The van der Waals surface area contributed by atoms with E-state index >= 15 is 0 Å². The maximum atomic E-state index is 11.5. The van der Waals surface area contributed by atoms with Crippen LogP contribution in [0.5, 0.6) is 0 Å². The molecule has 0 radical (unpaired) electrons. The first-order chi connectivity index (χ1) is 16.1. The van der Waals surface area contributed by atoms with Gasteiger partial charge in [0.1, 0.15) is 5.69 Å². The summed E-state index contributed by atoms with van der Waals surface area (Å²) >= 11 is 7.71. The monoisotopic (exact) mass is 474 g/mol. The minimum atomic E-state index is -0.402. The Hall–Kier alpha value is -3.68. The number of nitro benzene ring substituents is 1. The lowest BCUT2D eigenvalue weighted by Crippen LogP contribution is -2.17. The van der Waals surface area contributed by atoms with Crippen molar-refractivity contribution in [2.45, 2.75) is 13.0 Å². The molecule has 8 heteroatoms. The van der Waals surface area contributed by atoms with E-state index < -0.39 is 4.92 Å². The Morgan fingerprint density at radius 3 is 2.73 bits per heavy atom. The van der Waals surface area contributed by atoms with Crippen molar-refractivity contribution in [2.24, 2.45) is 4.99 Å². The Labute approximate surface area is 198 Å². The molecule has 0 atom stereocenters. The number of hydrogen-bond acceptors (Lipinski definition) is 4. The van der Waals surface area contributed by atoms with Gasteiger partial charge in [-0.1, -0.05) is 54.1 Å². The van der Waals surface area contributed by atoms with Crippen LogP contribution in [0.2, 0.25) is 5.02 Å². The van der Waals surface area contributed by atoms with Crippen molar-refractivity contribution in [3.8, 4) is 11.3 Å². The van der Waals surface area contributed by atoms with Gasteiger partial charge in [0.15, 0.2) is 4.80 Å². The van der Waals surface area contributed by atoms with E-state index in [9.17, 15) is 10.1 Å². The number of aryl methyl sites for hydroxylation is 1. The topological polar surface area (TPSA) is 76.2 Å². The first kappa shape index (κ1) is 21.2. The second-order valence-electron chi connectivity index (χ2n) is 7.53. The highest BCUT2D eigenvalue weighted by atomic mass is 35.5. The lowest BCUT2D eigenvalue weighted by Gasteiger charge is -2.10. The zero-order valence-electron chi connectivity index (χ0n) is 17.4. The summed E-state index contributed by atoms with van der Waals surface area (Å²) in [4.78, 5) is 19.8. The maximum Gasteiger partial charge on any atom is 0.294 e. The molecule has 164 valence electrons. The van der Waals surface area contributed by atoms with Gasteiger partial charge in [0.2, 0.25) is 0 Å². The second-order valence-corrected chi connectivity index (χ2v) is 8.81. The summed E-state index contributed by atoms with van der Waals surface area (Å²) in [7, 11) is 0. The number of thiazole rings is 1. The Balaban J connectivity index is 1.61. The van der Waals surface area contributed by atoms with Crippen molar-refractivity contribution in [1.82, 2.24) is 9.55 Å². The van der Waals surface area contributed by atoms with Gasteiger partial charge in [-0.2, -0.15) is 0 Å². The average molecular weight is 475 g/mol. The van der Waals surface area contributed by atoms with E-state index in [1.807, 2.05) is 48.0 Å². The minimum absolute atomic E-state index is 0.0154. The molecule has 0 unspecified atom stereocenters. The van der Waals surface area contributed by atoms with Crippen LogP contribution in [0.3, 0.4) is 0 Å². The van der Waals surface area contributed by atoms with E-state index in [1.165, 1.54) is 28.4 Å². The number of nitrogens with one attached hydrogen (secondary N) is 1. The summed E-state index contributed by atoms with van der Waals surface area (Å²) in [5.74, 6) is 0. The van der Waals surface area contributed by atoms with Crippen LogP contribution in [0.15, 0.2) is 89.4 Å². The molecule has 5 rings (SSSR count). The molecule has 0 bridgehead atoms. The van der Waals surface area contributed by atoms with Crippen molar-refractivity contribution < 1.29 is 4.92 Å². The molecule has 3 aromatic carbocycles. The van der Waals surface area contributed by atoms with Crippen molar-refractivity contribution in [3.63, 3.8) is 0 Å². The number of hydrogen-bond donors (Lipinski definition) is 1. The van der Waals surface area contributed by atoms with Gasteiger partial charge in [-0.15, -0.1) is 11.3 Å². The van der Waals surface area contributed by atoms with E-state index in [0.29, 0.717) is 22.1 Å². The number of aromatic amines is 1. The van der Waals surface area contributed by atoms with Crippen LogP contribution < -0.4 is 4.80 Å². The van der Waals surface area contributed by atoms with Crippen LogP contribution >= 0.6 is 22.9 Å². The molecule has 0 aliphatic carbocycles. The number of fused-ring (bicyclic) bond motifs is 1. The summed E-state index contributed by atoms with van der Waals surface area (Å²) in [5.41, 5.74) is 4.57. The highest BCUT2D eigenvalue weighted by Gasteiger charge is 2.14. The zero-order chi connectivity index (χ0) is 22.8. The molecule has 0 saturated heterocycles. The summed E-state index contributed by atoms with van der Waals surface area (Å²) in [6.07, 6.45) is 2.81. The van der Waals surface area contributed by atoms with Crippen LogP contribution in [0.1, 0.15) is 5.56 Å². The Bertz CT molecular complexity index is 1530. The molecule has 0 fully saturated rings. The van der Waals surface area contributed by atoms with Gasteiger partial charge in [0.25, 0.3) is 5.69 Å². The van der Waals surface area contributed by atoms with Crippen LogP contribution in [-0.2, 0) is 13.0 Å². The number of para-hydroxylation sites is 3. The normalized spacial score (nSPS) is 11.8. The van der Waals surface area contributed by atoms with Gasteiger partial charge in [-0.25, -0.2) is 4.99 Å². The SMILES string of the molecule is O=[N+]([O-])c1ccccc1N=c1scc(-c2cccc(Cl)c2)n1CCc1c[nH]c2ccccc12. The van der Waals surface area contributed by atoms with E-state index in [4.69, 9.17) is 16.6 Å². The third-order valence-corrected chi connectivity index (χ3v) is 6.59. The van der Waals surface area contributed by atoms with Crippen LogP contribution in [0.4, 0.5) is 11.4 Å². The third kappa shape index (κ3) is 4.33. The predicted octanol–water partition coefficient (Wildman–Crippen LogP) is 6.73. The average Bonchev–Trinajstić information content (AvgIpc) is 3.42. The lowest BCUT2D eigenvalue weighted by molar-refractivity contribution is -0.384. The van der Waals surface area contributed by atoms with E-state index in [0.717, 1.165) is 23.2 Å². The van der Waals surface area contributed by atoms with Gasteiger partial charge < -0.3 is 9.55 Å². The van der Waals surface area contributed by atoms with Crippen molar-refractivity contribution in [1.29, 1.82) is 0 Å². The van der Waals surface area contributed by atoms with Gasteiger partial charge in [-0.05, 0) is 36.2 Å². The van der Waals surface area contributed by atoms with Gasteiger partial charge in [0, 0.05) is 45.7 Å². The van der Waals surface area contributed by atoms with Gasteiger partial charge >= 0.3 is 0 Å². The fourth-order valence-corrected chi connectivity index (χ4v) is 5.04. The van der Waals surface area contributed by atoms with Crippen molar-refractivity contribution in [3.05, 3.63) is 110 Å². The molecule has 0 saturated carbocycles. The fourth-order valence-electron chi connectivity index (χ4n) is 3.90. The zero-order valence-corrected chi connectivity index (χ0v) is 19.0. The Kier molecular flexibility index (Phi) is 5.81. The molecule has 2 aromatic heterocycles. The van der Waals surface area contributed by atoms with Crippen LogP contribution in [0.25, 0.3) is 22.2 Å². The molecule has 0 aliphatic heterocycles. The Morgan fingerprint density at radius 2 is 1.88 bits per heavy atom. The van der Waals surface area contributed by atoms with Gasteiger partial charge in [-0.3, -0.25) is 10.1 Å². The van der Waals surface area contributed by atoms with Crippen LogP contribution in [0, 0.1) is 10.1 Å². The summed E-state index contributed by atoms with van der Waals surface area (Å²) < 4.78 is 2.11. The molecular weight excluding hydrogens is 456 g/mol. The number of benzene rings is 3. The quantitative estimate of drug-likeness (QED) is 0.218. The maximum absolute atomic E-state index is 11.5. The van der Waals surface area contributed by atoms with Crippen molar-refractivity contribution >= 4 is 45.2 Å². The molecule has 33 heavy (non-hydrogen) atoms. The summed E-state index contributed by atoms with van der Waals surface area (Å²) in [5, 5.41) is 15.4. The molecule has 6 nitrogen and oxygen atoms in total. The molecular formula is C25H19ClN4O2S. The predicted molar refractivity (Wildman–Crippen MR) is 133 cm³/mol. The van der Waals surface area contributed by atoms with Gasteiger partial charge in [0.05, 0.1) is 10.6 Å². The molecule has 5 aromatic rings. The van der Waals surface area contributed by atoms with E-state index in [1.54, 1.807) is 18.2 Å². The number of rotatable bonds is 6. The molecule has 1 N–H and O–H groups in total. The standard InChI is InChI=1S/C25H19ClN4O2S/c26-19-7-5-6-17(14-19)24-16-33-25(28-22-10-3-4-11-23(22)30(31)32)29(24)13-12-18-15-27-21-9-2-1-8-20(18)21/h1-11,14-16,27H,12-13H2. The summed E-state index contributed by atoms with van der Waals surface area (Å²) in [6.45, 7) is 0.659. The molecule has 2 heterocycles. The smallest absolute Gasteiger partial charge is 0.294 e. The van der Waals surface area contributed by atoms with Crippen LogP contribution in [-0.4, -0.2) is 14.5 Å². The second kappa shape index (κ2) is 9.05. The number of nitrogens with zero attached hydrogens (tertiary/aromatic N) is 3. The Morgan fingerprint density at radius 1 is 1.06 bits per heavy atom. The molecule has 0 amide bonds. The largest absolute Gasteiger partial charge is 0.361 e. The number of nitro groups is 1. The molecule has 0 spiro atoms.